The molecule has 0 unspecified atom stereocenters. The number of piperidine rings is 2. The molecule has 4 aliphatic rings. The molecule has 275 valence electrons. The molecular weight excluding hydrogens is 713 g/mol. The van der Waals surface area contributed by atoms with Gasteiger partial charge in [-0.1, -0.05) is 18.2 Å². The molecule has 4 aromatic rings. The minimum Gasteiger partial charge on any atom is -0.537 e. The lowest BCUT2D eigenvalue weighted by Gasteiger charge is -2.41. The van der Waals surface area contributed by atoms with Crippen LogP contribution in [0.2, 0.25) is 5.28 Å². The van der Waals surface area contributed by atoms with Crippen molar-refractivity contribution in [3.63, 3.8) is 0 Å². The van der Waals surface area contributed by atoms with Gasteiger partial charge in [0.15, 0.2) is 17.5 Å². The first-order valence-corrected chi connectivity index (χ1v) is 17.0. The minimum atomic E-state index is -4.39. The summed E-state index contributed by atoms with van der Waals surface area (Å²) in [6.07, 6.45) is -4.12. The summed E-state index contributed by atoms with van der Waals surface area (Å²) in [5.41, 5.74) is 2.75. The van der Waals surface area contributed by atoms with Crippen molar-refractivity contribution in [3.05, 3.63) is 76.3 Å². The molecule has 0 aliphatic carbocycles. The predicted octanol–water partition coefficient (Wildman–Crippen LogP) is 7.31. The predicted molar refractivity (Wildman–Crippen MR) is 187 cm³/mol. The summed E-state index contributed by atoms with van der Waals surface area (Å²) in [6.45, 7) is 7.95. The lowest BCUT2D eigenvalue weighted by molar-refractivity contribution is -0.138. The number of nitrogens with zero attached hydrogens (tertiary/aromatic N) is 6. The molecule has 2 saturated heterocycles. The Bertz CT molecular complexity index is 1900. The Morgan fingerprint density at radius 2 is 1.31 bits per heavy atom. The molecule has 52 heavy (non-hydrogen) atoms. The fourth-order valence-electron chi connectivity index (χ4n) is 6.81. The number of nitrogens with one attached hydrogen (secondary N) is 2. The topological polar surface area (TPSA) is 112 Å². The van der Waals surface area contributed by atoms with E-state index in [-0.39, 0.29) is 5.75 Å². The van der Waals surface area contributed by atoms with Crippen molar-refractivity contribution in [2.75, 3.05) is 46.6 Å². The summed E-state index contributed by atoms with van der Waals surface area (Å²) in [7, 11) is 0.329. The second kappa shape index (κ2) is 15.2. The van der Waals surface area contributed by atoms with Crippen molar-refractivity contribution in [1.82, 2.24) is 19.9 Å². The molecule has 3 N–H and O–H groups in total. The summed E-state index contributed by atoms with van der Waals surface area (Å²) in [6, 6.07) is 10.3. The van der Waals surface area contributed by atoms with Crippen LogP contribution in [0.1, 0.15) is 48.2 Å². The van der Waals surface area contributed by atoms with Crippen molar-refractivity contribution in [2.45, 2.75) is 64.0 Å². The molecule has 2 aromatic heterocycles. The highest BCUT2D eigenvalue weighted by Crippen LogP contribution is 2.38. The Balaban J connectivity index is 0.000000143. The van der Waals surface area contributed by atoms with Crippen LogP contribution < -0.4 is 25.1 Å². The molecule has 10 nitrogen and oxygen atoms in total. The minimum absolute atomic E-state index is 0.0580. The highest BCUT2D eigenvalue weighted by Gasteiger charge is 2.34. The number of aromatic nitrogens is 4. The van der Waals surface area contributed by atoms with Crippen LogP contribution in [0.4, 0.5) is 49.4 Å². The van der Waals surface area contributed by atoms with E-state index in [1.165, 1.54) is 31.0 Å². The van der Waals surface area contributed by atoms with Crippen LogP contribution in [0.25, 0.3) is 11.4 Å². The first-order chi connectivity index (χ1) is 24.7. The SMILES string of the molecule is Cc1nc(-c2cccc(C(F)(F)F)c2)nc2c1N1CCC[C@@H](C1)N2.Cc1nc(Cl)nc2c1N1CCC[C@@H](C1)N2.O[B]Oc1cccc(C(F)(F)F)c1. The van der Waals surface area contributed by atoms with E-state index in [4.69, 9.17) is 16.6 Å². The van der Waals surface area contributed by atoms with Gasteiger partial charge in [-0.25, -0.2) is 15.0 Å². The molecule has 18 heteroatoms. The van der Waals surface area contributed by atoms with Gasteiger partial charge in [0.1, 0.15) is 17.1 Å². The molecule has 2 aromatic carbocycles. The molecule has 2 fully saturated rings. The molecule has 1 radical (unpaired) electrons. The standard InChI is InChI=1S/C17H17F3N4.C10H13ClN4.C7H5BF3O2/c1-10-14-16(22-13-6-3-7-24(14)9-13)23-15(21-10)11-4-2-5-12(8-11)17(18,19)20;1-6-8-9(14-10(11)12-6)13-7-3-2-4-15(8)5-7;9-7(10,11)5-2-1-3-6(4-5)13-8-12/h2,4-5,8,13H,3,6-7,9H2,1H3,(H,21,22,23);7H,2-5H2,1H3,(H,12,13,14);1-4,12H/t13-;7-;/m00./s1. The van der Waals surface area contributed by atoms with Gasteiger partial charge in [0.05, 0.1) is 22.5 Å². The maximum absolute atomic E-state index is 12.9. The normalized spacial score (nSPS) is 18.6. The second-order valence-electron chi connectivity index (χ2n) is 12.8. The maximum atomic E-state index is 12.9. The van der Waals surface area contributed by atoms with Crippen LogP contribution in [0.3, 0.4) is 0 Å². The number of benzene rings is 2. The van der Waals surface area contributed by atoms with E-state index in [0.29, 0.717) is 36.4 Å². The van der Waals surface area contributed by atoms with Crippen molar-refractivity contribution in [3.8, 4) is 17.1 Å². The Morgan fingerprint density at radius 1 is 0.769 bits per heavy atom. The van der Waals surface area contributed by atoms with Crippen molar-refractivity contribution in [1.29, 1.82) is 0 Å². The number of hydrogen-bond acceptors (Lipinski definition) is 10. The molecule has 0 saturated carbocycles. The van der Waals surface area contributed by atoms with E-state index in [2.05, 4.69) is 45.0 Å². The summed E-state index contributed by atoms with van der Waals surface area (Å²) in [4.78, 5) is 22.1. The number of fused-ring (bicyclic) bond motifs is 8. The Kier molecular flexibility index (Phi) is 10.9. The first kappa shape index (κ1) is 37.3. The number of aryl methyl sites for hydroxylation is 2. The van der Waals surface area contributed by atoms with Gasteiger partial charge in [-0.15, -0.1) is 0 Å². The monoisotopic (exact) mass is 747 g/mol. The van der Waals surface area contributed by atoms with Gasteiger partial charge in [-0.3, -0.25) is 0 Å². The van der Waals surface area contributed by atoms with Gasteiger partial charge < -0.3 is 30.1 Å². The maximum Gasteiger partial charge on any atom is 0.569 e. The Hall–Kier alpha value is -4.51. The molecule has 6 heterocycles. The number of anilines is 4. The molecule has 8 rings (SSSR count). The third-order valence-electron chi connectivity index (χ3n) is 9.04. The van der Waals surface area contributed by atoms with Gasteiger partial charge in [-0.05, 0) is 81.5 Å². The van der Waals surface area contributed by atoms with Crippen molar-refractivity contribution < 1.29 is 36.0 Å². The number of alkyl halides is 6. The Labute approximate surface area is 301 Å². The van der Waals surface area contributed by atoms with E-state index in [1.54, 1.807) is 6.07 Å². The van der Waals surface area contributed by atoms with Crippen LogP contribution >= 0.6 is 11.6 Å². The van der Waals surface area contributed by atoms with E-state index < -0.39 is 23.5 Å². The van der Waals surface area contributed by atoms with Crippen LogP contribution in [0, 0.1) is 13.8 Å². The van der Waals surface area contributed by atoms with Crippen molar-refractivity contribution in [2.24, 2.45) is 0 Å². The largest absolute Gasteiger partial charge is 0.569 e. The summed E-state index contributed by atoms with van der Waals surface area (Å²) < 4.78 is 79.4. The number of halogens is 7. The summed E-state index contributed by atoms with van der Waals surface area (Å²) >= 11 is 5.86. The van der Waals surface area contributed by atoms with Gasteiger partial charge in [0.25, 0.3) is 0 Å². The third-order valence-corrected chi connectivity index (χ3v) is 9.21. The molecule has 4 bridgehead atoms. The zero-order valence-corrected chi connectivity index (χ0v) is 28.9. The second-order valence-corrected chi connectivity index (χ2v) is 13.1. The lowest BCUT2D eigenvalue weighted by atomic mass is 10.0. The molecule has 0 spiro atoms. The van der Waals surface area contributed by atoms with Crippen molar-refractivity contribution >= 4 is 42.3 Å². The third kappa shape index (κ3) is 8.57. The average Bonchev–Trinajstić information content (AvgIpc) is 3.08. The van der Waals surface area contributed by atoms with Crippen LogP contribution in [0.15, 0.2) is 48.5 Å². The summed E-state index contributed by atoms with van der Waals surface area (Å²) in [5.74, 6) is 1.90. The number of rotatable bonds is 3. The van der Waals surface area contributed by atoms with Gasteiger partial charge >= 0.3 is 20.0 Å². The first-order valence-electron chi connectivity index (χ1n) is 16.6. The Morgan fingerprint density at radius 3 is 1.88 bits per heavy atom. The van der Waals surface area contributed by atoms with E-state index in [0.717, 1.165) is 97.7 Å². The van der Waals surface area contributed by atoms with Gasteiger partial charge in [-0.2, -0.15) is 31.3 Å². The average molecular weight is 748 g/mol. The zero-order chi connectivity index (χ0) is 37.2. The quantitative estimate of drug-likeness (QED) is 0.112. The van der Waals surface area contributed by atoms with Crippen LogP contribution in [-0.2, 0) is 12.4 Å². The molecule has 2 atom stereocenters. The zero-order valence-electron chi connectivity index (χ0n) is 28.2. The van der Waals surface area contributed by atoms with E-state index in [9.17, 15) is 26.3 Å². The highest BCUT2D eigenvalue weighted by molar-refractivity contribution is 6.28. The van der Waals surface area contributed by atoms with Crippen LogP contribution in [-0.4, -0.2) is 70.9 Å². The number of hydrogen-bond donors (Lipinski definition) is 3. The van der Waals surface area contributed by atoms with E-state index >= 15 is 0 Å². The van der Waals surface area contributed by atoms with Gasteiger partial charge in [0.2, 0.25) is 5.28 Å². The smallest absolute Gasteiger partial charge is 0.537 e. The lowest BCUT2D eigenvalue weighted by Crippen LogP contribution is -2.47. The van der Waals surface area contributed by atoms with E-state index in [1.807, 2.05) is 13.8 Å². The van der Waals surface area contributed by atoms with Crippen LogP contribution in [0.5, 0.6) is 5.75 Å². The molecule has 4 aliphatic heterocycles. The molecule has 0 amide bonds. The highest BCUT2D eigenvalue weighted by atomic mass is 35.5. The fourth-order valence-corrected chi connectivity index (χ4v) is 7.02. The summed E-state index contributed by atoms with van der Waals surface area (Å²) in [5, 5.41) is 15.4. The fraction of sp³-hybridized carbons (Fsp3) is 0.412. The van der Waals surface area contributed by atoms with Gasteiger partial charge in [0, 0.05) is 43.8 Å². The molecular formula is C34H35BClF6N8O2.